The van der Waals surface area contributed by atoms with E-state index < -0.39 is 0 Å². The molecule has 0 unspecified atom stereocenters. The number of benzene rings is 5. The first kappa shape index (κ1) is 21.9. The number of anilines is 1. The molecule has 0 bridgehead atoms. The first-order valence-corrected chi connectivity index (χ1v) is 12.0. The Bertz CT molecular complexity index is 1430. The number of ether oxygens (including phenoxy) is 1. The van der Waals surface area contributed by atoms with Crippen molar-refractivity contribution in [3.8, 4) is 28.4 Å². The first-order valence-electron chi connectivity index (χ1n) is 11.2. The normalized spacial score (nSPS) is 10.9. The summed E-state index contributed by atoms with van der Waals surface area (Å²) in [6.45, 7) is 4.16. The number of phenols is 1. The highest BCUT2D eigenvalue weighted by Crippen LogP contribution is 2.43. The minimum Gasteiger partial charge on any atom is -0.508 e. The molecule has 5 aromatic rings. The average molecular weight is 464 g/mol. The van der Waals surface area contributed by atoms with Crippen LogP contribution < -0.4 is 9.46 Å². The fourth-order valence-electron chi connectivity index (χ4n) is 4.00. The van der Waals surface area contributed by atoms with Gasteiger partial charge in [-0.25, -0.2) is 0 Å². The third kappa shape index (κ3) is 4.73. The molecule has 0 aliphatic carbocycles. The van der Waals surface area contributed by atoms with Gasteiger partial charge >= 0.3 is 0 Å². The molecule has 0 amide bonds. The Morgan fingerprint density at radius 1 is 0.765 bits per heavy atom. The zero-order valence-corrected chi connectivity index (χ0v) is 19.9. The molecular formula is C30H25NO2S. The van der Waals surface area contributed by atoms with Crippen LogP contribution in [0.5, 0.6) is 17.2 Å². The van der Waals surface area contributed by atoms with Crippen LogP contribution in [-0.4, -0.2) is 5.11 Å². The maximum Gasteiger partial charge on any atom is 0.143 e. The van der Waals surface area contributed by atoms with E-state index in [2.05, 4.69) is 61.0 Å². The van der Waals surface area contributed by atoms with E-state index in [1.807, 2.05) is 48.5 Å². The summed E-state index contributed by atoms with van der Waals surface area (Å²) >= 11 is 1.58. The lowest BCUT2D eigenvalue weighted by Gasteiger charge is -2.18. The molecule has 168 valence electrons. The van der Waals surface area contributed by atoms with Crippen LogP contribution in [-0.2, 0) is 0 Å². The summed E-state index contributed by atoms with van der Waals surface area (Å²) in [7, 11) is 0. The second-order valence-electron chi connectivity index (χ2n) is 8.31. The van der Waals surface area contributed by atoms with Crippen molar-refractivity contribution >= 4 is 28.4 Å². The van der Waals surface area contributed by atoms with Gasteiger partial charge < -0.3 is 14.6 Å². The summed E-state index contributed by atoms with van der Waals surface area (Å²) in [6, 6.07) is 34.2. The van der Waals surface area contributed by atoms with E-state index in [-0.39, 0.29) is 5.75 Å². The number of hydrogen-bond donors (Lipinski definition) is 2. The van der Waals surface area contributed by atoms with Crippen molar-refractivity contribution in [2.24, 2.45) is 0 Å². The van der Waals surface area contributed by atoms with Gasteiger partial charge in [-0.1, -0.05) is 54.1 Å². The van der Waals surface area contributed by atoms with Gasteiger partial charge in [0.05, 0.1) is 0 Å². The van der Waals surface area contributed by atoms with E-state index in [0.29, 0.717) is 0 Å². The molecular weight excluding hydrogens is 438 g/mol. The van der Waals surface area contributed by atoms with Gasteiger partial charge in [-0.15, -0.1) is 0 Å². The van der Waals surface area contributed by atoms with Gasteiger partial charge in [0, 0.05) is 21.5 Å². The summed E-state index contributed by atoms with van der Waals surface area (Å²) in [4.78, 5) is 1.16. The second kappa shape index (κ2) is 9.54. The van der Waals surface area contributed by atoms with Gasteiger partial charge in [-0.3, -0.25) is 0 Å². The van der Waals surface area contributed by atoms with E-state index in [9.17, 15) is 5.11 Å². The van der Waals surface area contributed by atoms with Gasteiger partial charge in [-0.05, 0) is 96.9 Å². The predicted octanol–water partition coefficient (Wildman–Crippen LogP) is 8.74. The smallest absolute Gasteiger partial charge is 0.143 e. The Morgan fingerprint density at radius 3 is 2.24 bits per heavy atom. The van der Waals surface area contributed by atoms with Crippen molar-refractivity contribution in [3.63, 3.8) is 0 Å². The van der Waals surface area contributed by atoms with Crippen LogP contribution in [0.1, 0.15) is 11.1 Å². The Morgan fingerprint density at radius 2 is 1.50 bits per heavy atom. The van der Waals surface area contributed by atoms with E-state index in [1.165, 1.54) is 5.56 Å². The molecule has 0 aromatic heterocycles. The Labute approximate surface area is 204 Å². The number of phenolic OH excluding ortho intramolecular Hbond substituents is 1. The maximum atomic E-state index is 10.0. The number of nitrogens with one attached hydrogen (secondary N) is 1. The molecule has 0 aliphatic heterocycles. The maximum absolute atomic E-state index is 10.0. The Balaban J connectivity index is 1.46. The van der Waals surface area contributed by atoms with Crippen LogP contribution >= 0.6 is 11.9 Å². The predicted molar refractivity (Wildman–Crippen MR) is 143 cm³/mol. The lowest BCUT2D eigenvalue weighted by atomic mass is 9.94. The molecule has 0 fully saturated rings. The zero-order valence-electron chi connectivity index (χ0n) is 19.1. The highest BCUT2D eigenvalue weighted by Gasteiger charge is 2.16. The molecule has 5 rings (SSSR count). The molecule has 0 spiro atoms. The number of rotatable bonds is 6. The summed E-state index contributed by atoms with van der Waals surface area (Å²) in [5.41, 5.74) is 5.49. The zero-order chi connectivity index (χ0) is 23.5. The molecule has 0 atom stereocenters. The van der Waals surface area contributed by atoms with Crippen molar-refractivity contribution in [1.82, 2.24) is 0 Å². The van der Waals surface area contributed by atoms with E-state index >= 15 is 0 Å². The molecule has 4 heteroatoms. The molecule has 0 heterocycles. The number of aryl methyl sites for hydroxylation is 2. The van der Waals surface area contributed by atoms with E-state index in [4.69, 9.17) is 4.74 Å². The van der Waals surface area contributed by atoms with E-state index in [0.717, 1.165) is 49.5 Å². The highest BCUT2D eigenvalue weighted by molar-refractivity contribution is 8.00. The van der Waals surface area contributed by atoms with Crippen LogP contribution in [0.15, 0.2) is 108 Å². The van der Waals surface area contributed by atoms with Gasteiger partial charge in [0.15, 0.2) is 0 Å². The molecule has 2 N–H and O–H groups in total. The van der Waals surface area contributed by atoms with Crippen molar-refractivity contribution in [1.29, 1.82) is 0 Å². The highest BCUT2D eigenvalue weighted by atomic mass is 32.2. The monoisotopic (exact) mass is 463 g/mol. The van der Waals surface area contributed by atoms with Gasteiger partial charge in [-0.2, -0.15) is 0 Å². The van der Waals surface area contributed by atoms with Gasteiger partial charge in [0.2, 0.25) is 0 Å². The summed E-state index contributed by atoms with van der Waals surface area (Å²) in [5.74, 6) is 1.78. The molecule has 0 saturated heterocycles. The Kier molecular flexibility index (Phi) is 6.15. The molecule has 5 aromatic carbocycles. The van der Waals surface area contributed by atoms with Crippen molar-refractivity contribution in [3.05, 3.63) is 114 Å². The van der Waals surface area contributed by atoms with Crippen LogP contribution in [0.3, 0.4) is 0 Å². The third-order valence-electron chi connectivity index (χ3n) is 5.72. The third-order valence-corrected chi connectivity index (χ3v) is 6.56. The average Bonchev–Trinajstić information content (AvgIpc) is 2.85. The summed E-state index contributed by atoms with van der Waals surface area (Å²) in [5, 5.41) is 11.9. The van der Waals surface area contributed by atoms with Crippen molar-refractivity contribution in [2.45, 2.75) is 18.7 Å². The second-order valence-corrected chi connectivity index (χ2v) is 9.19. The standard InChI is InChI=1S/C30H25NO2S/c1-20-8-15-27(16-9-20)34-31-24-10-13-26(14-11-24)33-30-28-17-12-25(32)19-23(28)18-21(2)29(30)22-6-4-3-5-7-22/h3-19,31-32H,1-2H3. The number of hydrogen-bond acceptors (Lipinski definition) is 4. The number of fused-ring (bicyclic) bond motifs is 1. The Hall–Kier alpha value is -3.89. The van der Waals surface area contributed by atoms with Crippen LogP contribution in [0.2, 0.25) is 0 Å². The van der Waals surface area contributed by atoms with Crippen LogP contribution in [0.25, 0.3) is 21.9 Å². The molecule has 0 radical (unpaired) electrons. The molecule has 3 nitrogen and oxygen atoms in total. The molecule has 34 heavy (non-hydrogen) atoms. The fraction of sp³-hybridized carbons (Fsp3) is 0.0667. The summed E-state index contributed by atoms with van der Waals surface area (Å²) in [6.07, 6.45) is 0. The minimum atomic E-state index is 0.242. The SMILES string of the molecule is Cc1ccc(SNc2ccc(Oc3c(-c4ccccc4)c(C)cc4cc(O)ccc34)cc2)cc1. The summed E-state index contributed by atoms with van der Waals surface area (Å²) < 4.78 is 9.90. The van der Waals surface area contributed by atoms with Crippen molar-refractivity contribution in [2.75, 3.05) is 4.72 Å². The molecule has 0 saturated carbocycles. The quantitative estimate of drug-likeness (QED) is 0.247. The van der Waals surface area contributed by atoms with Gasteiger partial charge in [0.25, 0.3) is 0 Å². The largest absolute Gasteiger partial charge is 0.508 e. The topological polar surface area (TPSA) is 41.5 Å². The van der Waals surface area contributed by atoms with Crippen LogP contribution in [0, 0.1) is 13.8 Å². The lowest BCUT2D eigenvalue weighted by molar-refractivity contribution is 0.475. The molecule has 0 aliphatic rings. The van der Waals surface area contributed by atoms with E-state index in [1.54, 1.807) is 24.1 Å². The fourth-order valence-corrected chi connectivity index (χ4v) is 4.64. The first-order chi connectivity index (χ1) is 16.6. The van der Waals surface area contributed by atoms with Crippen LogP contribution in [0.4, 0.5) is 5.69 Å². The minimum absolute atomic E-state index is 0.242. The van der Waals surface area contributed by atoms with Crippen molar-refractivity contribution < 1.29 is 9.84 Å². The lowest BCUT2D eigenvalue weighted by Crippen LogP contribution is -1.94. The van der Waals surface area contributed by atoms with Gasteiger partial charge in [0.1, 0.15) is 17.2 Å². The number of aromatic hydroxyl groups is 1.